The normalized spacial score (nSPS) is 42.1. The van der Waals surface area contributed by atoms with Crippen molar-refractivity contribution in [3.8, 4) is 0 Å². The van der Waals surface area contributed by atoms with E-state index in [9.17, 15) is 9.59 Å². The fraction of sp³-hybridized carbons (Fsp3) is 0.879. The maximum absolute atomic E-state index is 16.1. The zero-order valence-electron chi connectivity index (χ0n) is 25.5. The van der Waals surface area contributed by atoms with Crippen molar-refractivity contribution in [1.29, 1.82) is 0 Å². The Kier molecular flexibility index (Phi) is 8.65. The fourth-order valence-electron chi connectivity index (χ4n) is 9.88. The maximum atomic E-state index is 16.1. The van der Waals surface area contributed by atoms with Gasteiger partial charge in [-0.15, -0.1) is 0 Å². The summed E-state index contributed by atoms with van der Waals surface area (Å²) in [6.07, 6.45) is 13.5. The van der Waals surface area contributed by atoms with E-state index < -0.39 is 18.1 Å². The van der Waals surface area contributed by atoms with Crippen LogP contribution in [0.25, 0.3) is 0 Å². The van der Waals surface area contributed by atoms with Gasteiger partial charge in [0.05, 0.1) is 35.9 Å². The lowest BCUT2D eigenvalue weighted by molar-refractivity contribution is -0.208. The van der Waals surface area contributed by atoms with Crippen LogP contribution in [0.15, 0.2) is 11.8 Å². The molecular formula is C33H52FN5O3. The Bertz CT molecular complexity index is 1040. The van der Waals surface area contributed by atoms with E-state index in [1.54, 1.807) is 0 Å². The third-order valence-electron chi connectivity index (χ3n) is 12.2. The second kappa shape index (κ2) is 12.4. The first-order valence-corrected chi connectivity index (χ1v) is 17.2. The van der Waals surface area contributed by atoms with Crippen molar-refractivity contribution in [2.24, 2.45) is 17.8 Å². The van der Waals surface area contributed by atoms with Gasteiger partial charge in [-0.05, 0) is 96.4 Å². The van der Waals surface area contributed by atoms with Crippen LogP contribution in [0.1, 0.15) is 77.0 Å². The van der Waals surface area contributed by atoms with Gasteiger partial charge in [-0.1, -0.05) is 25.7 Å². The quantitative estimate of drug-likeness (QED) is 0.425. The monoisotopic (exact) mass is 585 g/mol. The minimum Gasteiger partial charge on any atom is -0.369 e. The number of carbonyl (C=O) groups excluding carboxylic acids is 2. The lowest BCUT2D eigenvalue weighted by atomic mass is 9.65. The highest BCUT2D eigenvalue weighted by atomic mass is 19.1. The number of ketones is 1. The van der Waals surface area contributed by atoms with E-state index in [1.807, 2.05) is 6.20 Å². The van der Waals surface area contributed by atoms with Crippen molar-refractivity contribution in [3.05, 3.63) is 11.8 Å². The summed E-state index contributed by atoms with van der Waals surface area (Å²) in [4.78, 5) is 34.5. The zero-order valence-corrected chi connectivity index (χ0v) is 25.5. The third kappa shape index (κ3) is 5.56. The van der Waals surface area contributed by atoms with Crippen molar-refractivity contribution in [2.75, 3.05) is 46.3 Å². The van der Waals surface area contributed by atoms with Gasteiger partial charge in [0.2, 0.25) is 0 Å². The Labute approximate surface area is 251 Å². The number of rotatable bonds is 8. The average Bonchev–Trinajstić information content (AvgIpc) is 3.66. The van der Waals surface area contributed by atoms with Crippen molar-refractivity contribution in [2.45, 2.75) is 120 Å². The molecule has 0 spiro atoms. The van der Waals surface area contributed by atoms with Crippen molar-refractivity contribution in [3.63, 3.8) is 0 Å². The summed E-state index contributed by atoms with van der Waals surface area (Å²) in [6.45, 7) is 5.39. The minimum absolute atomic E-state index is 0.0192. The second-order valence-corrected chi connectivity index (χ2v) is 14.5. The highest BCUT2D eigenvalue weighted by Crippen LogP contribution is 2.50. The molecule has 0 aromatic heterocycles. The van der Waals surface area contributed by atoms with Crippen molar-refractivity contribution in [1.82, 2.24) is 25.3 Å². The van der Waals surface area contributed by atoms with Gasteiger partial charge in [0.1, 0.15) is 6.17 Å². The van der Waals surface area contributed by atoms with Crippen LogP contribution < -0.4 is 10.6 Å². The number of likely N-dealkylation sites (tertiary alicyclic amines) is 2. The molecule has 7 rings (SSSR count). The molecule has 7 aliphatic rings. The number of nitrogens with zero attached hydrogens (tertiary/aromatic N) is 3. The van der Waals surface area contributed by atoms with Crippen LogP contribution in [0, 0.1) is 17.8 Å². The molecule has 0 bridgehead atoms. The first-order valence-electron chi connectivity index (χ1n) is 17.2. The molecule has 4 heterocycles. The number of halogens is 1. The number of hydrogen-bond acceptors (Lipinski definition) is 7. The molecule has 10 atom stereocenters. The van der Waals surface area contributed by atoms with Gasteiger partial charge < -0.3 is 30.1 Å². The highest BCUT2D eigenvalue weighted by Gasteiger charge is 2.59. The number of carbonyl (C=O) groups is 2. The third-order valence-corrected chi connectivity index (χ3v) is 12.2. The molecule has 4 aliphatic heterocycles. The van der Waals surface area contributed by atoms with Crippen LogP contribution in [-0.2, 0) is 14.3 Å². The molecule has 10 unspecified atom stereocenters. The summed E-state index contributed by atoms with van der Waals surface area (Å²) >= 11 is 0. The van der Waals surface area contributed by atoms with E-state index in [0.29, 0.717) is 24.4 Å². The fourth-order valence-corrected chi connectivity index (χ4v) is 9.88. The number of alkyl halides is 1. The molecular weight excluding hydrogens is 533 g/mol. The summed E-state index contributed by atoms with van der Waals surface area (Å²) in [5, 5.41) is 6.63. The molecule has 2 N–H and O–H groups in total. The summed E-state index contributed by atoms with van der Waals surface area (Å²) in [5.74, 6) is 0.322. The molecule has 3 saturated carbocycles. The van der Waals surface area contributed by atoms with Crippen LogP contribution in [0.3, 0.4) is 0 Å². The van der Waals surface area contributed by atoms with E-state index in [1.165, 1.54) is 51.4 Å². The molecule has 6 fully saturated rings. The van der Waals surface area contributed by atoms with Crippen molar-refractivity contribution < 1.29 is 18.7 Å². The van der Waals surface area contributed by atoms with E-state index in [0.717, 1.165) is 52.0 Å². The molecule has 3 aliphatic carbocycles. The van der Waals surface area contributed by atoms with E-state index in [4.69, 9.17) is 4.74 Å². The van der Waals surface area contributed by atoms with Gasteiger partial charge in [-0.3, -0.25) is 9.59 Å². The van der Waals surface area contributed by atoms with Crippen LogP contribution in [0.4, 0.5) is 4.39 Å². The van der Waals surface area contributed by atoms with Gasteiger partial charge >= 0.3 is 0 Å². The van der Waals surface area contributed by atoms with Crippen LogP contribution in [0.2, 0.25) is 0 Å². The molecule has 8 nitrogen and oxygen atoms in total. The first-order chi connectivity index (χ1) is 20.5. The largest absolute Gasteiger partial charge is 0.369 e. The highest BCUT2D eigenvalue weighted by molar-refractivity contribution is 6.20. The Morgan fingerprint density at radius 1 is 1.00 bits per heavy atom. The van der Waals surface area contributed by atoms with Crippen LogP contribution >= 0.6 is 0 Å². The molecule has 0 aromatic carbocycles. The number of nitrogens with one attached hydrogen (secondary N) is 2. The smallest absolute Gasteiger partial charge is 0.256 e. The van der Waals surface area contributed by atoms with E-state index in [2.05, 4.69) is 32.4 Å². The average molecular weight is 586 g/mol. The van der Waals surface area contributed by atoms with E-state index >= 15 is 4.39 Å². The summed E-state index contributed by atoms with van der Waals surface area (Å²) < 4.78 is 23.0. The minimum atomic E-state index is -1.18. The standard InChI is InChI=1S/C33H52FN5O3/c1-37-13-6-9-23(37)10-11-35-29-26(34)19-24-30-32(29)42-28-18-22-8-3-2-7-21(22)17-27(28)39(30)20-25(31(24)40)33(41)36-12-16-38-14-4-5-15-38/h20-24,26-30,32,35H,2-19H2,1H3,(H,36,41). The molecule has 0 aromatic rings. The topological polar surface area (TPSA) is 77.2 Å². The Morgan fingerprint density at radius 3 is 2.55 bits per heavy atom. The molecule has 1 amide bonds. The Morgan fingerprint density at radius 2 is 1.79 bits per heavy atom. The second-order valence-electron chi connectivity index (χ2n) is 14.5. The summed E-state index contributed by atoms with van der Waals surface area (Å²) in [5.41, 5.74) is 0.228. The predicted molar refractivity (Wildman–Crippen MR) is 160 cm³/mol. The predicted octanol–water partition coefficient (Wildman–Crippen LogP) is 2.87. The number of morpholine rings is 1. The lowest BCUT2D eigenvalue weighted by Crippen LogP contribution is -2.73. The van der Waals surface area contributed by atoms with Gasteiger partial charge in [0.25, 0.3) is 5.91 Å². The van der Waals surface area contributed by atoms with Crippen LogP contribution in [0.5, 0.6) is 0 Å². The first kappa shape index (κ1) is 29.2. The van der Waals surface area contributed by atoms with Gasteiger partial charge in [0, 0.05) is 31.2 Å². The molecule has 42 heavy (non-hydrogen) atoms. The van der Waals surface area contributed by atoms with Crippen molar-refractivity contribution >= 4 is 11.7 Å². The number of fused-ring (bicyclic) bond motifs is 3. The summed E-state index contributed by atoms with van der Waals surface area (Å²) in [6, 6.07) is 0.0612. The number of hydrogen-bond donors (Lipinski definition) is 2. The molecule has 3 saturated heterocycles. The number of amides is 1. The van der Waals surface area contributed by atoms with Gasteiger partial charge in [0.15, 0.2) is 5.78 Å². The van der Waals surface area contributed by atoms with E-state index in [-0.39, 0.29) is 48.0 Å². The molecule has 0 radical (unpaired) electrons. The Hall–Kier alpha value is -1.55. The number of ether oxygens (including phenoxy) is 1. The molecule has 234 valence electrons. The maximum Gasteiger partial charge on any atom is 0.256 e. The SMILES string of the molecule is CN1CCCC1CCNC1C(F)CC2C(=O)C(C(=O)NCCN3CCCC3)=CN3C4CC5CCCCC5CC4OC1C23. The van der Waals surface area contributed by atoms with Crippen LogP contribution in [-0.4, -0.2) is 115 Å². The summed E-state index contributed by atoms with van der Waals surface area (Å²) in [7, 11) is 2.19. The Balaban J connectivity index is 1.12. The zero-order chi connectivity index (χ0) is 28.8. The molecule has 9 heteroatoms. The van der Waals surface area contributed by atoms with Gasteiger partial charge in [-0.2, -0.15) is 0 Å². The van der Waals surface area contributed by atoms with Gasteiger partial charge in [-0.25, -0.2) is 4.39 Å². The number of Topliss-reactive ketones (excluding diaryl/α,β-unsaturated/α-hetero) is 1. The lowest BCUT2D eigenvalue weighted by Gasteiger charge is -2.61.